The Morgan fingerprint density at radius 3 is 1.96 bits per heavy atom. The Bertz CT molecular complexity index is 807. The number of hydrogen-bond acceptors (Lipinski definition) is 7. The first-order valence-electron chi connectivity index (χ1n) is 7.59. The van der Waals surface area contributed by atoms with E-state index in [0.29, 0.717) is 22.8 Å². The van der Waals surface area contributed by atoms with Gasteiger partial charge in [0.15, 0.2) is 23.0 Å². The van der Waals surface area contributed by atoms with Crippen LogP contribution in [0.2, 0.25) is 0 Å². The van der Waals surface area contributed by atoms with Gasteiger partial charge in [-0.05, 0) is 29.8 Å². The van der Waals surface area contributed by atoms with E-state index in [1.807, 2.05) is 0 Å². The van der Waals surface area contributed by atoms with Gasteiger partial charge >= 0.3 is 5.69 Å². The highest BCUT2D eigenvalue weighted by atomic mass is 16.6. The molecule has 0 aliphatic carbocycles. The fourth-order valence-corrected chi connectivity index (χ4v) is 2.53. The maximum absolute atomic E-state index is 12.6. The highest BCUT2D eigenvalue weighted by molar-refractivity contribution is 5.98. The predicted octanol–water partition coefficient (Wildman–Crippen LogP) is 3.05. The molecule has 0 aliphatic heterocycles. The molecule has 0 atom stereocenters. The molecular formula is C18H19NO7. The summed E-state index contributed by atoms with van der Waals surface area (Å²) in [6.07, 6.45) is 0.0141. The molecule has 8 nitrogen and oxygen atoms in total. The van der Waals surface area contributed by atoms with Crippen LogP contribution in [0.1, 0.15) is 15.9 Å². The molecular weight excluding hydrogens is 342 g/mol. The fourth-order valence-electron chi connectivity index (χ4n) is 2.53. The summed E-state index contributed by atoms with van der Waals surface area (Å²) < 4.78 is 20.7. The summed E-state index contributed by atoms with van der Waals surface area (Å²) in [5.74, 6) is 1.08. The van der Waals surface area contributed by atoms with Crippen LogP contribution >= 0.6 is 0 Å². The number of nitrogens with zero attached hydrogens (tertiary/aromatic N) is 1. The molecule has 138 valence electrons. The van der Waals surface area contributed by atoms with E-state index in [2.05, 4.69) is 0 Å². The summed E-state index contributed by atoms with van der Waals surface area (Å²) in [5, 5.41) is 11.1. The minimum absolute atomic E-state index is 0.0141. The zero-order valence-electron chi connectivity index (χ0n) is 14.9. The van der Waals surface area contributed by atoms with Crippen LogP contribution in [-0.2, 0) is 6.42 Å². The number of benzene rings is 2. The minimum atomic E-state index is -0.588. The van der Waals surface area contributed by atoms with E-state index in [9.17, 15) is 14.9 Å². The van der Waals surface area contributed by atoms with Gasteiger partial charge in [0, 0.05) is 18.1 Å². The lowest BCUT2D eigenvalue weighted by atomic mass is 10.0. The molecule has 0 aliphatic rings. The minimum Gasteiger partial charge on any atom is -0.493 e. The second-order valence-electron chi connectivity index (χ2n) is 5.28. The van der Waals surface area contributed by atoms with Crippen molar-refractivity contribution in [1.29, 1.82) is 0 Å². The number of hydrogen-bond donors (Lipinski definition) is 0. The Kier molecular flexibility index (Phi) is 6.00. The van der Waals surface area contributed by atoms with E-state index in [1.165, 1.54) is 46.6 Å². The number of nitro groups is 1. The van der Waals surface area contributed by atoms with Gasteiger partial charge < -0.3 is 18.9 Å². The maximum atomic E-state index is 12.6. The normalized spacial score (nSPS) is 10.2. The molecule has 0 N–H and O–H groups in total. The second-order valence-corrected chi connectivity index (χ2v) is 5.28. The van der Waals surface area contributed by atoms with Gasteiger partial charge in [-0.15, -0.1) is 0 Å². The lowest BCUT2D eigenvalue weighted by Crippen LogP contribution is -2.06. The summed E-state index contributed by atoms with van der Waals surface area (Å²) in [5.41, 5.74) is 0.581. The van der Waals surface area contributed by atoms with Crippen LogP contribution in [0.5, 0.6) is 23.0 Å². The Labute approximate surface area is 150 Å². The lowest BCUT2D eigenvalue weighted by Gasteiger charge is -2.14. The maximum Gasteiger partial charge on any atom is 0.311 e. The van der Waals surface area contributed by atoms with Gasteiger partial charge in [-0.3, -0.25) is 14.9 Å². The molecule has 2 aromatic rings. The van der Waals surface area contributed by atoms with Crippen molar-refractivity contribution >= 4 is 11.5 Å². The van der Waals surface area contributed by atoms with E-state index in [-0.39, 0.29) is 29.2 Å². The highest BCUT2D eigenvalue weighted by Crippen LogP contribution is 2.38. The summed E-state index contributed by atoms with van der Waals surface area (Å²) >= 11 is 0. The van der Waals surface area contributed by atoms with Gasteiger partial charge in [0.25, 0.3) is 0 Å². The van der Waals surface area contributed by atoms with Crippen LogP contribution in [0.25, 0.3) is 0 Å². The van der Waals surface area contributed by atoms with Crippen LogP contribution in [0.3, 0.4) is 0 Å². The third kappa shape index (κ3) is 3.85. The van der Waals surface area contributed by atoms with Crippen molar-refractivity contribution in [3.05, 3.63) is 51.6 Å². The fraction of sp³-hybridized carbons (Fsp3) is 0.278. The summed E-state index contributed by atoms with van der Waals surface area (Å²) in [6.45, 7) is 0. The molecule has 26 heavy (non-hydrogen) atoms. The zero-order chi connectivity index (χ0) is 19.3. The molecule has 0 unspecified atom stereocenters. The predicted molar refractivity (Wildman–Crippen MR) is 93.8 cm³/mol. The van der Waals surface area contributed by atoms with Crippen molar-refractivity contribution in [2.45, 2.75) is 6.42 Å². The Balaban J connectivity index is 2.35. The van der Waals surface area contributed by atoms with Gasteiger partial charge in [0.1, 0.15) is 0 Å². The van der Waals surface area contributed by atoms with Crippen LogP contribution in [0.4, 0.5) is 5.69 Å². The summed E-state index contributed by atoms with van der Waals surface area (Å²) in [7, 11) is 5.78. The first-order chi connectivity index (χ1) is 12.4. The van der Waals surface area contributed by atoms with Crippen molar-refractivity contribution < 1.29 is 28.7 Å². The molecule has 2 rings (SSSR count). The zero-order valence-corrected chi connectivity index (χ0v) is 14.9. The van der Waals surface area contributed by atoms with Crippen LogP contribution in [0, 0.1) is 10.1 Å². The first kappa shape index (κ1) is 19.0. The molecule has 0 saturated carbocycles. The Morgan fingerprint density at radius 2 is 1.50 bits per heavy atom. The first-order valence-corrected chi connectivity index (χ1v) is 7.59. The van der Waals surface area contributed by atoms with E-state index >= 15 is 0 Å². The summed E-state index contributed by atoms with van der Waals surface area (Å²) in [6, 6.07) is 7.43. The smallest absolute Gasteiger partial charge is 0.311 e. The number of carbonyl (C=O) groups is 1. The molecule has 0 amide bonds. The molecule has 0 fully saturated rings. The van der Waals surface area contributed by atoms with Gasteiger partial charge in [0.2, 0.25) is 5.75 Å². The number of Topliss-reactive ketones (excluding diaryl/α,β-unsaturated/α-hetero) is 1. The summed E-state index contributed by atoms with van der Waals surface area (Å²) in [4.78, 5) is 23.1. The highest BCUT2D eigenvalue weighted by Gasteiger charge is 2.20. The number of methoxy groups -OCH3 is 4. The Morgan fingerprint density at radius 1 is 0.923 bits per heavy atom. The molecule has 0 radical (unpaired) electrons. The van der Waals surface area contributed by atoms with Gasteiger partial charge in [-0.1, -0.05) is 0 Å². The van der Waals surface area contributed by atoms with Crippen LogP contribution in [-0.4, -0.2) is 39.1 Å². The quantitative estimate of drug-likeness (QED) is 0.405. The molecule has 0 heterocycles. The topological polar surface area (TPSA) is 97.1 Å². The monoisotopic (exact) mass is 361 g/mol. The van der Waals surface area contributed by atoms with E-state index in [0.717, 1.165) is 0 Å². The van der Waals surface area contributed by atoms with Gasteiger partial charge in [-0.25, -0.2) is 0 Å². The molecule has 2 aromatic carbocycles. The second kappa shape index (κ2) is 8.19. The van der Waals surface area contributed by atoms with Crippen molar-refractivity contribution in [3.8, 4) is 23.0 Å². The van der Waals surface area contributed by atoms with Gasteiger partial charge in [-0.2, -0.15) is 0 Å². The number of rotatable bonds is 8. The van der Waals surface area contributed by atoms with E-state index in [4.69, 9.17) is 18.9 Å². The third-order valence-electron chi connectivity index (χ3n) is 3.79. The van der Waals surface area contributed by atoms with E-state index < -0.39 is 4.92 Å². The molecule has 8 heteroatoms. The number of carbonyl (C=O) groups excluding carboxylic acids is 1. The Hall–Kier alpha value is -3.29. The van der Waals surface area contributed by atoms with Crippen molar-refractivity contribution in [3.63, 3.8) is 0 Å². The van der Waals surface area contributed by atoms with Crippen LogP contribution < -0.4 is 18.9 Å². The van der Waals surface area contributed by atoms with Crippen LogP contribution in [0.15, 0.2) is 30.3 Å². The average molecular weight is 361 g/mol. The van der Waals surface area contributed by atoms with E-state index in [1.54, 1.807) is 12.1 Å². The number of ketones is 1. The van der Waals surface area contributed by atoms with Crippen molar-refractivity contribution in [2.75, 3.05) is 28.4 Å². The standard InChI is InChI=1S/C18H19NO7/c1-23-15-6-5-12(10-13(15)19(21)22)14(20)7-11-8-16(24-2)18(26-4)17(9-11)25-3/h5-6,8-10H,7H2,1-4H3. The average Bonchev–Trinajstić information content (AvgIpc) is 2.66. The SMILES string of the molecule is COc1ccc(C(=O)Cc2cc(OC)c(OC)c(OC)c2)cc1[N+](=O)[O-]. The van der Waals surface area contributed by atoms with Crippen molar-refractivity contribution in [1.82, 2.24) is 0 Å². The third-order valence-corrected chi connectivity index (χ3v) is 3.79. The lowest BCUT2D eigenvalue weighted by molar-refractivity contribution is -0.385. The molecule has 0 bridgehead atoms. The number of ether oxygens (including phenoxy) is 4. The largest absolute Gasteiger partial charge is 0.493 e. The molecule has 0 saturated heterocycles. The van der Waals surface area contributed by atoms with Gasteiger partial charge in [0.05, 0.1) is 33.4 Å². The molecule has 0 spiro atoms. The molecule has 0 aromatic heterocycles. The number of nitro benzene ring substituents is 1. The van der Waals surface area contributed by atoms with Crippen molar-refractivity contribution in [2.24, 2.45) is 0 Å².